The Bertz CT molecular complexity index is 254. The molecule has 0 unspecified atom stereocenters. The summed E-state index contributed by atoms with van der Waals surface area (Å²) in [5, 5.41) is 0. The number of nitrogens with zero attached hydrogens (tertiary/aromatic N) is 2. The maximum Gasteiger partial charge on any atom is 0.141 e. The van der Waals surface area contributed by atoms with Crippen molar-refractivity contribution in [1.29, 1.82) is 0 Å². The Kier molecular flexibility index (Phi) is 3.14. The number of hydrogen-bond acceptors (Lipinski definition) is 4. The van der Waals surface area contributed by atoms with Gasteiger partial charge in [0.15, 0.2) is 0 Å². The van der Waals surface area contributed by atoms with Crippen LogP contribution in [0.15, 0.2) is 10.7 Å². The molecule has 0 bridgehead atoms. The molecule has 0 aromatic carbocycles. The zero-order valence-corrected chi connectivity index (χ0v) is 8.44. The molecular weight excluding hydrogens is 226 g/mol. The molecule has 0 radical (unpaired) electrons. The van der Waals surface area contributed by atoms with E-state index in [1.807, 2.05) is 6.26 Å². The molecule has 3 nitrogen and oxygen atoms in total. The standard InChI is InChI=1S/C6H8BrN3S/c1-11-3-5-9-2-4(7)6(8)10-5/h2H,3H2,1H3,(H2,8,9,10). The lowest BCUT2D eigenvalue weighted by Gasteiger charge is -1.99. The highest BCUT2D eigenvalue weighted by molar-refractivity contribution is 9.10. The summed E-state index contributed by atoms with van der Waals surface area (Å²) in [6, 6.07) is 0. The number of rotatable bonds is 2. The van der Waals surface area contributed by atoms with E-state index in [4.69, 9.17) is 5.73 Å². The van der Waals surface area contributed by atoms with E-state index in [2.05, 4.69) is 25.9 Å². The molecule has 0 aliphatic carbocycles. The first-order valence-corrected chi connectivity index (χ1v) is 5.18. The molecule has 0 amide bonds. The van der Waals surface area contributed by atoms with Gasteiger partial charge < -0.3 is 5.73 Å². The molecule has 1 aromatic rings. The summed E-state index contributed by atoms with van der Waals surface area (Å²) in [7, 11) is 0. The minimum absolute atomic E-state index is 0.504. The van der Waals surface area contributed by atoms with Gasteiger partial charge in [0.25, 0.3) is 0 Å². The molecule has 0 saturated carbocycles. The predicted molar refractivity (Wildman–Crippen MR) is 51.4 cm³/mol. The minimum atomic E-state index is 0.504. The fourth-order valence-electron chi connectivity index (χ4n) is 0.617. The van der Waals surface area contributed by atoms with Gasteiger partial charge in [0, 0.05) is 6.20 Å². The highest BCUT2D eigenvalue weighted by atomic mass is 79.9. The first kappa shape index (κ1) is 8.80. The Labute approximate surface area is 77.9 Å². The number of thioether (sulfide) groups is 1. The van der Waals surface area contributed by atoms with Crippen LogP contribution >= 0.6 is 27.7 Å². The third kappa shape index (κ3) is 2.34. The molecule has 11 heavy (non-hydrogen) atoms. The van der Waals surface area contributed by atoms with E-state index in [9.17, 15) is 0 Å². The minimum Gasteiger partial charge on any atom is -0.383 e. The molecule has 60 valence electrons. The van der Waals surface area contributed by atoms with Gasteiger partial charge in [0.2, 0.25) is 0 Å². The Hall–Kier alpha value is -0.290. The number of nitrogens with two attached hydrogens (primary N) is 1. The number of aromatic nitrogens is 2. The Morgan fingerprint density at radius 2 is 2.45 bits per heavy atom. The van der Waals surface area contributed by atoms with Gasteiger partial charge in [0.1, 0.15) is 11.6 Å². The summed E-state index contributed by atoms with van der Waals surface area (Å²) in [6.07, 6.45) is 3.68. The normalized spacial score (nSPS) is 10.0. The molecule has 1 rings (SSSR count). The van der Waals surface area contributed by atoms with E-state index in [-0.39, 0.29) is 0 Å². The van der Waals surface area contributed by atoms with Gasteiger partial charge in [-0.3, -0.25) is 0 Å². The first-order chi connectivity index (χ1) is 5.24. The van der Waals surface area contributed by atoms with Crippen molar-refractivity contribution in [3.63, 3.8) is 0 Å². The smallest absolute Gasteiger partial charge is 0.141 e. The molecule has 2 N–H and O–H groups in total. The molecule has 1 aromatic heterocycles. The van der Waals surface area contributed by atoms with Gasteiger partial charge in [0.05, 0.1) is 10.2 Å². The van der Waals surface area contributed by atoms with Gasteiger partial charge in [-0.05, 0) is 22.2 Å². The van der Waals surface area contributed by atoms with E-state index in [0.29, 0.717) is 5.82 Å². The largest absolute Gasteiger partial charge is 0.383 e. The van der Waals surface area contributed by atoms with Crippen LogP contribution in [0.1, 0.15) is 5.82 Å². The number of anilines is 1. The van der Waals surface area contributed by atoms with Gasteiger partial charge in [-0.2, -0.15) is 11.8 Å². The highest BCUT2D eigenvalue weighted by Crippen LogP contribution is 2.15. The summed E-state index contributed by atoms with van der Waals surface area (Å²) < 4.78 is 0.752. The van der Waals surface area contributed by atoms with E-state index < -0.39 is 0 Å². The second-order valence-electron chi connectivity index (χ2n) is 1.95. The van der Waals surface area contributed by atoms with Crippen molar-refractivity contribution in [2.24, 2.45) is 0 Å². The molecule has 0 saturated heterocycles. The van der Waals surface area contributed by atoms with E-state index in [1.54, 1.807) is 18.0 Å². The van der Waals surface area contributed by atoms with E-state index in [1.165, 1.54) is 0 Å². The zero-order valence-electron chi connectivity index (χ0n) is 6.04. The van der Waals surface area contributed by atoms with Gasteiger partial charge in [-0.25, -0.2) is 9.97 Å². The summed E-state index contributed by atoms with van der Waals surface area (Å²) in [4.78, 5) is 8.13. The van der Waals surface area contributed by atoms with Crippen LogP contribution in [0, 0.1) is 0 Å². The van der Waals surface area contributed by atoms with Crippen molar-refractivity contribution in [3.05, 3.63) is 16.5 Å². The van der Waals surface area contributed by atoms with Crippen LogP contribution in [-0.4, -0.2) is 16.2 Å². The number of hydrogen-bond donors (Lipinski definition) is 1. The maximum atomic E-state index is 5.54. The van der Waals surface area contributed by atoms with E-state index in [0.717, 1.165) is 16.0 Å². The topological polar surface area (TPSA) is 51.8 Å². The van der Waals surface area contributed by atoms with Crippen LogP contribution in [0.25, 0.3) is 0 Å². The summed E-state index contributed by atoms with van der Waals surface area (Å²) >= 11 is 4.90. The summed E-state index contributed by atoms with van der Waals surface area (Å²) in [5.41, 5.74) is 5.54. The van der Waals surface area contributed by atoms with Crippen molar-refractivity contribution in [2.45, 2.75) is 5.75 Å². The average molecular weight is 234 g/mol. The summed E-state index contributed by atoms with van der Waals surface area (Å²) in [5.74, 6) is 2.08. The van der Waals surface area contributed by atoms with Crippen molar-refractivity contribution >= 4 is 33.5 Å². The van der Waals surface area contributed by atoms with Crippen LogP contribution in [0.3, 0.4) is 0 Å². The van der Waals surface area contributed by atoms with Crippen LogP contribution in [0.4, 0.5) is 5.82 Å². The lowest BCUT2D eigenvalue weighted by molar-refractivity contribution is 1.03. The SMILES string of the molecule is CSCc1ncc(Br)c(N)n1. The molecule has 0 fully saturated rings. The molecule has 0 atom stereocenters. The van der Waals surface area contributed by atoms with Gasteiger partial charge >= 0.3 is 0 Å². The van der Waals surface area contributed by atoms with Crippen LogP contribution in [0.2, 0.25) is 0 Å². The Morgan fingerprint density at radius 1 is 1.73 bits per heavy atom. The Morgan fingerprint density at radius 3 is 3.00 bits per heavy atom. The zero-order chi connectivity index (χ0) is 8.27. The van der Waals surface area contributed by atoms with Crippen LogP contribution in [-0.2, 0) is 5.75 Å². The third-order valence-electron chi connectivity index (χ3n) is 1.09. The molecule has 1 heterocycles. The van der Waals surface area contributed by atoms with Crippen molar-refractivity contribution < 1.29 is 0 Å². The third-order valence-corrected chi connectivity index (χ3v) is 2.25. The van der Waals surface area contributed by atoms with Crippen molar-refractivity contribution in [1.82, 2.24) is 9.97 Å². The molecule has 0 aliphatic heterocycles. The maximum absolute atomic E-state index is 5.54. The fourth-order valence-corrected chi connectivity index (χ4v) is 1.21. The van der Waals surface area contributed by atoms with Crippen molar-refractivity contribution in [2.75, 3.05) is 12.0 Å². The lowest BCUT2D eigenvalue weighted by Crippen LogP contribution is -1.98. The van der Waals surface area contributed by atoms with Crippen LogP contribution in [0.5, 0.6) is 0 Å². The lowest BCUT2D eigenvalue weighted by atomic mass is 10.5. The number of nitrogen functional groups attached to an aromatic ring is 1. The molecule has 0 spiro atoms. The first-order valence-electron chi connectivity index (χ1n) is 3.00. The number of halogens is 1. The Balaban J connectivity index is 2.86. The molecule has 5 heteroatoms. The highest BCUT2D eigenvalue weighted by Gasteiger charge is 1.99. The summed E-state index contributed by atoms with van der Waals surface area (Å²) in [6.45, 7) is 0. The fraction of sp³-hybridized carbons (Fsp3) is 0.333. The van der Waals surface area contributed by atoms with Gasteiger partial charge in [-0.1, -0.05) is 0 Å². The molecular formula is C6H8BrN3S. The van der Waals surface area contributed by atoms with E-state index >= 15 is 0 Å². The van der Waals surface area contributed by atoms with Gasteiger partial charge in [-0.15, -0.1) is 0 Å². The monoisotopic (exact) mass is 233 g/mol. The molecule has 0 aliphatic rings. The second-order valence-corrected chi connectivity index (χ2v) is 3.67. The quantitative estimate of drug-likeness (QED) is 0.845. The second kappa shape index (κ2) is 3.92. The predicted octanol–water partition coefficient (Wildman–Crippen LogP) is 1.68. The average Bonchev–Trinajstić information content (AvgIpc) is 1.98. The van der Waals surface area contributed by atoms with Crippen molar-refractivity contribution in [3.8, 4) is 0 Å². The van der Waals surface area contributed by atoms with Crippen LogP contribution < -0.4 is 5.73 Å².